The van der Waals surface area contributed by atoms with Crippen molar-refractivity contribution in [2.24, 2.45) is 5.73 Å². The molecule has 4 nitrogen and oxygen atoms in total. The molecule has 0 radical (unpaired) electrons. The molecule has 0 aliphatic carbocycles. The lowest BCUT2D eigenvalue weighted by molar-refractivity contribution is 1.04. The van der Waals surface area contributed by atoms with Crippen molar-refractivity contribution in [3.8, 4) is 0 Å². The summed E-state index contributed by atoms with van der Waals surface area (Å²) in [7, 11) is 0. The number of nitrogens with zero attached hydrogens (tertiary/aromatic N) is 2. The first-order valence-corrected chi connectivity index (χ1v) is 4.37. The Morgan fingerprint density at radius 2 is 2.29 bits per heavy atom. The van der Waals surface area contributed by atoms with Crippen molar-refractivity contribution >= 4 is 22.9 Å². The zero-order valence-electron chi connectivity index (χ0n) is 7.18. The number of nitrogens with two attached hydrogens (primary N) is 1. The van der Waals surface area contributed by atoms with Crippen molar-refractivity contribution in [3.63, 3.8) is 0 Å². The second-order valence-corrected chi connectivity index (χ2v) is 3.21. The van der Waals surface area contributed by atoms with Gasteiger partial charge in [-0.3, -0.25) is 9.20 Å². The fourth-order valence-corrected chi connectivity index (χ4v) is 1.28. The molecule has 70 valence electrons. The van der Waals surface area contributed by atoms with Crippen LogP contribution in [0.3, 0.4) is 0 Å². The molecule has 0 aliphatic rings. The van der Waals surface area contributed by atoms with Crippen molar-refractivity contribution in [1.29, 1.82) is 0 Å². The van der Waals surface area contributed by atoms with Gasteiger partial charge in [0.25, 0.3) is 5.56 Å². The van der Waals surface area contributed by atoms with E-state index in [1.165, 1.54) is 10.5 Å². The molecule has 0 aliphatic heterocycles. The Bertz CT molecular complexity index is 561. The van der Waals surface area contributed by atoms with Crippen molar-refractivity contribution in [3.05, 3.63) is 46.5 Å². The molecule has 0 aromatic carbocycles. The number of pyridine rings is 1. The Kier molecular flexibility index (Phi) is 2.01. The van der Waals surface area contributed by atoms with Crippen molar-refractivity contribution in [2.45, 2.75) is 0 Å². The fourth-order valence-electron chi connectivity index (χ4n) is 1.18. The SMILES string of the molecule is NC(=S)c1cc(=O)n2ccccc2n1. The van der Waals surface area contributed by atoms with Crippen LogP contribution in [0.15, 0.2) is 35.3 Å². The predicted octanol–water partition coefficient (Wildman–Crippen LogP) is 0.329. The average molecular weight is 205 g/mol. The molecule has 0 saturated heterocycles. The lowest BCUT2D eigenvalue weighted by atomic mass is 10.4. The van der Waals surface area contributed by atoms with Gasteiger partial charge in [0.1, 0.15) is 16.3 Å². The maximum Gasteiger partial charge on any atom is 0.258 e. The monoisotopic (exact) mass is 205 g/mol. The molecular weight excluding hydrogens is 198 g/mol. The number of thiocarbonyl (C=S) groups is 1. The summed E-state index contributed by atoms with van der Waals surface area (Å²) in [5, 5.41) is 0. The second-order valence-electron chi connectivity index (χ2n) is 2.77. The standard InChI is InChI=1S/C9H7N3OS/c10-9(14)6-5-8(13)12-4-2-1-3-7(12)11-6/h1-5H,(H2,10,14). The third-order valence-electron chi connectivity index (χ3n) is 1.82. The number of rotatable bonds is 1. The van der Waals surface area contributed by atoms with E-state index in [4.69, 9.17) is 18.0 Å². The van der Waals surface area contributed by atoms with Crippen molar-refractivity contribution in [2.75, 3.05) is 0 Å². The Labute approximate surface area is 85.0 Å². The van der Waals surface area contributed by atoms with Crippen LogP contribution in [-0.2, 0) is 0 Å². The third kappa shape index (κ3) is 1.38. The van der Waals surface area contributed by atoms with Crippen LogP contribution < -0.4 is 11.3 Å². The summed E-state index contributed by atoms with van der Waals surface area (Å²) in [4.78, 5) is 15.8. The van der Waals surface area contributed by atoms with E-state index in [9.17, 15) is 4.79 Å². The topological polar surface area (TPSA) is 60.4 Å². The largest absolute Gasteiger partial charge is 0.388 e. The van der Waals surface area contributed by atoms with E-state index in [0.29, 0.717) is 11.3 Å². The number of aromatic nitrogens is 2. The first kappa shape index (κ1) is 8.83. The van der Waals surface area contributed by atoms with Crippen LogP contribution in [0.2, 0.25) is 0 Å². The minimum absolute atomic E-state index is 0.133. The Morgan fingerprint density at radius 3 is 3.00 bits per heavy atom. The summed E-state index contributed by atoms with van der Waals surface area (Å²) in [5.41, 5.74) is 6.11. The van der Waals surface area contributed by atoms with Gasteiger partial charge in [0.2, 0.25) is 0 Å². The number of fused-ring (bicyclic) bond motifs is 1. The van der Waals surface area contributed by atoms with Gasteiger partial charge in [-0.1, -0.05) is 18.3 Å². The van der Waals surface area contributed by atoms with Gasteiger partial charge in [-0.2, -0.15) is 0 Å². The molecule has 0 spiro atoms. The summed E-state index contributed by atoms with van der Waals surface area (Å²) >= 11 is 4.75. The van der Waals surface area contributed by atoms with E-state index < -0.39 is 0 Å². The highest BCUT2D eigenvalue weighted by Gasteiger charge is 2.02. The van der Waals surface area contributed by atoms with Crippen molar-refractivity contribution in [1.82, 2.24) is 9.38 Å². The minimum atomic E-state index is -0.182. The van der Waals surface area contributed by atoms with Crippen LogP contribution >= 0.6 is 12.2 Å². The van der Waals surface area contributed by atoms with Gasteiger partial charge < -0.3 is 5.73 Å². The smallest absolute Gasteiger partial charge is 0.258 e. The van der Waals surface area contributed by atoms with Gasteiger partial charge >= 0.3 is 0 Å². The number of hydrogen-bond donors (Lipinski definition) is 1. The van der Waals surface area contributed by atoms with E-state index in [1.54, 1.807) is 24.4 Å². The zero-order valence-corrected chi connectivity index (χ0v) is 7.99. The summed E-state index contributed by atoms with van der Waals surface area (Å²) in [6.45, 7) is 0. The quantitative estimate of drug-likeness (QED) is 0.681. The molecule has 2 heterocycles. The van der Waals surface area contributed by atoms with Gasteiger partial charge in [-0.05, 0) is 12.1 Å². The molecule has 0 amide bonds. The summed E-state index contributed by atoms with van der Waals surface area (Å²) in [6.07, 6.45) is 1.65. The van der Waals surface area contributed by atoms with E-state index in [0.717, 1.165) is 0 Å². The van der Waals surface area contributed by atoms with Crippen LogP contribution in [0.25, 0.3) is 5.65 Å². The lowest BCUT2D eigenvalue weighted by Gasteiger charge is -2.01. The molecule has 0 bridgehead atoms. The van der Waals surface area contributed by atoms with E-state index >= 15 is 0 Å². The Hall–Kier alpha value is -1.75. The van der Waals surface area contributed by atoms with Gasteiger partial charge in [0.15, 0.2) is 0 Å². The molecule has 2 aromatic rings. The maximum atomic E-state index is 11.5. The molecule has 0 unspecified atom stereocenters. The highest BCUT2D eigenvalue weighted by Crippen LogP contribution is 1.97. The molecule has 5 heteroatoms. The van der Waals surface area contributed by atoms with Gasteiger partial charge in [0, 0.05) is 12.3 Å². The van der Waals surface area contributed by atoms with Crippen LogP contribution in [0.4, 0.5) is 0 Å². The van der Waals surface area contributed by atoms with Gasteiger partial charge in [-0.15, -0.1) is 0 Å². The second kappa shape index (κ2) is 3.19. The molecule has 0 atom stereocenters. The van der Waals surface area contributed by atoms with Crippen LogP contribution in [0.5, 0.6) is 0 Å². The van der Waals surface area contributed by atoms with Crippen molar-refractivity contribution < 1.29 is 0 Å². The zero-order chi connectivity index (χ0) is 10.1. The first-order valence-electron chi connectivity index (χ1n) is 3.97. The summed E-state index contributed by atoms with van der Waals surface area (Å²) < 4.78 is 1.43. The highest BCUT2D eigenvalue weighted by atomic mass is 32.1. The van der Waals surface area contributed by atoms with E-state index in [2.05, 4.69) is 4.98 Å². The number of hydrogen-bond acceptors (Lipinski definition) is 3. The van der Waals surface area contributed by atoms with Gasteiger partial charge in [0.05, 0.1) is 0 Å². The Balaban J connectivity index is 2.86. The van der Waals surface area contributed by atoms with Gasteiger partial charge in [-0.25, -0.2) is 4.98 Å². The minimum Gasteiger partial charge on any atom is -0.388 e. The van der Waals surface area contributed by atoms with Crippen LogP contribution in [0.1, 0.15) is 5.69 Å². The molecule has 14 heavy (non-hydrogen) atoms. The normalized spacial score (nSPS) is 10.3. The molecule has 0 saturated carbocycles. The van der Waals surface area contributed by atoms with Crippen LogP contribution in [0, 0.1) is 0 Å². The third-order valence-corrected chi connectivity index (χ3v) is 2.03. The molecule has 2 rings (SSSR count). The highest BCUT2D eigenvalue weighted by molar-refractivity contribution is 7.80. The lowest BCUT2D eigenvalue weighted by Crippen LogP contribution is -2.20. The first-order chi connectivity index (χ1) is 6.68. The maximum absolute atomic E-state index is 11.5. The fraction of sp³-hybridized carbons (Fsp3) is 0. The van der Waals surface area contributed by atoms with Crippen LogP contribution in [-0.4, -0.2) is 14.4 Å². The predicted molar refractivity (Wildman–Crippen MR) is 57.3 cm³/mol. The molecule has 0 fully saturated rings. The summed E-state index contributed by atoms with van der Waals surface area (Å²) in [6, 6.07) is 6.61. The average Bonchev–Trinajstić information content (AvgIpc) is 2.17. The Morgan fingerprint density at radius 1 is 1.50 bits per heavy atom. The van der Waals surface area contributed by atoms with E-state index in [-0.39, 0.29) is 10.5 Å². The summed E-state index contributed by atoms with van der Waals surface area (Å²) in [5.74, 6) is 0. The molecule has 2 aromatic heterocycles. The molecule has 2 N–H and O–H groups in total. The molecular formula is C9H7N3OS. The van der Waals surface area contributed by atoms with E-state index in [1.807, 2.05) is 0 Å².